The highest BCUT2D eigenvalue weighted by atomic mass is 35.5. The van der Waals surface area contributed by atoms with Crippen LogP contribution in [0.3, 0.4) is 0 Å². The fourth-order valence-electron chi connectivity index (χ4n) is 1.69. The van der Waals surface area contributed by atoms with Gasteiger partial charge < -0.3 is 15.1 Å². The summed E-state index contributed by atoms with van der Waals surface area (Å²) in [6, 6.07) is 7.17. The number of likely N-dealkylation sites (N-methyl/N-ethyl adjacent to an activating group) is 1. The van der Waals surface area contributed by atoms with Crippen molar-refractivity contribution in [1.29, 1.82) is 0 Å². The lowest BCUT2D eigenvalue weighted by molar-refractivity contribution is -0.125. The number of hydrogen-bond acceptors (Lipinski definition) is 4. The summed E-state index contributed by atoms with van der Waals surface area (Å²) >= 11 is 5.77. The smallest absolute Gasteiger partial charge is 0.260 e. The molecule has 21 heavy (non-hydrogen) atoms. The second kappa shape index (κ2) is 10.2. The average molecular weight is 312 g/mol. The van der Waals surface area contributed by atoms with Gasteiger partial charge in [-0.1, -0.05) is 42.7 Å². The van der Waals surface area contributed by atoms with E-state index in [1.54, 1.807) is 18.3 Å². The molecule has 0 fully saturated rings. The SMILES string of the molecule is CCN(CC)CCNC(=O)CO/N=C/c1ccc(Cl)cc1. The zero-order chi connectivity index (χ0) is 15.5. The number of halogens is 1. The minimum atomic E-state index is -0.171. The topological polar surface area (TPSA) is 53.9 Å². The molecule has 116 valence electrons. The molecule has 0 saturated heterocycles. The van der Waals surface area contributed by atoms with Crippen LogP contribution in [-0.2, 0) is 9.63 Å². The number of amides is 1. The van der Waals surface area contributed by atoms with Crippen LogP contribution in [0.4, 0.5) is 0 Å². The zero-order valence-electron chi connectivity index (χ0n) is 12.5. The van der Waals surface area contributed by atoms with Crippen molar-refractivity contribution in [2.45, 2.75) is 13.8 Å². The van der Waals surface area contributed by atoms with E-state index in [1.807, 2.05) is 12.1 Å². The highest BCUT2D eigenvalue weighted by Crippen LogP contribution is 2.07. The molecular formula is C15H22ClN3O2. The molecule has 1 aromatic rings. The van der Waals surface area contributed by atoms with Crippen LogP contribution < -0.4 is 5.32 Å². The zero-order valence-corrected chi connectivity index (χ0v) is 13.3. The molecule has 0 aromatic heterocycles. The Kier molecular flexibility index (Phi) is 8.47. The van der Waals surface area contributed by atoms with Crippen LogP contribution in [-0.4, -0.2) is 49.8 Å². The number of hydrogen-bond donors (Lipinski definition) is 1. The molecule has 0 aliphatic carbocycles. The Morgan fingerprint density at radius 3 is 2.62 bits per heavy atom. The number of nitrogens with zero attached hydrogens (tertiary/aromatic N) is 2. The Labute approximate surface area is 130 Å². The molecule has 0 heterocycles. The van der Waals surface area contributed by atoms with Gasteiger partial charge in [-0.05, 0) is 30.8 Å². The van der Waals surface area contributed by atoms with Gasteiger partial charge in [-0.3, -0.25) is 4.79 Å². The van der Waals surface area contributed by atoms with Gasteiger partial charge >= 0.3 is 0 Å². The predicted molar refractivity (Wildman–Crippen MR) is 85.8 cm³/mol. The Morgan fingerprint density at radius 1 is 1.33 bits per heavy atom. The van der Waals surface area contributed by atoms with Crippen molar-refractivity contribution in [2.75, 3.05) is 32.8 Å². The van der Waals surface area contributed by atoms with E-state index in [4.69, 9.17) is 16.4 Å². The molecule has 1 aromatic carbocycles. The highest BCUT2D eigenvalue weighted by Gasteiger charge is 2.02. The maximum Gasteiger partial charge on any atom is 0.260 e. The van der Waals surface area contributed by atoms with E-state index in [2.05, 4.69) is 29.2 Å². The third-order valence-corrected chi connectivity index (χ3v) is 3.24. The molecule has 0 radical (unpaired) electrons. The first kappa shape index (κ1) is 17.5. The molecule has 0 spiro atoms. The normalized spacial score (nSPS) is 11.0. The van der Waals surface area contributed by atoms with Crippen LogP contribution in [0.2, 0.25) is 5.02 Å². The fraction of sp³-hybridized carbons (Fsp3) is 0.467. The lowest BCUT2D eigenvalue weighted by Crippen LogP contribution is -2.36. The quantitative estimate of drug-likeness (QED) is 0.561. The summed E-state index contributed by atoms with van der Waals surface area (Å²) in [5.41, 5.74) is 0.862. The van der Waals surface area contributed by atoms with Gasteiger partial charge in [0.15, 0.2) is 6.61 Å². The van der Waals surface area contributed by atoms with E-state index in [1.165, 1.54) is 0 Å². The Balaban J connectivity index is 2.17. The predicted octanol–water partition coefficient (Wildman–Crippen LogP) is 2.15. The summed E-state index contributed by atoms with van der Waals surface area (Å²) in [5, 5.41) is 7.21. The van der Waals surface area contributed by atoms with Gasteiger partial charge in [-0.25, -0.2) is 0 Å². The van der Waals surface area contributed by atoms with Crippen molar-refractivity contribution in [3.8, 4) is 0 Å². The van der Waals surface area contributed by atoms with Crippen molar-refractivity contribution in [3.63, 3.8) is 0 Å². The maximum absolute atomic E-state index is 11.5. The van der Waals surface area contributed by atoms with Gasteiger partial charge in [0, 0.05) is 18.1 Å². The number of carbonyl (C=O) groups is 1. The van der Waals surface area contributed by atoms with E-state index in [0.29, 0.717) is 11.6 Å². The molecule has 0 saturated carbocycles. The molecule has 0 bridgehead atoms. The third-order valence-electron chi connectivity index (χ3n) is 2.99. The molecule has 0 aliphatic heterocycles. The van der Waals surface area contributed by atoms with E-state index in [-0.39, 0.29) is 12.5 Å². The molecular weight excluding hydrogens is 290 g/mol. The molecule has 1 amide bonds. The van der Waals surface area contributed by atoms with Crippen LogP contribution in [0, 0.1) is 0 Å². The van der Waals surface area contributed by atoms with Gasteiger partial charge in [0.25, 0.3) is 5.91 Å². The van der Waals surface area contributed by atoms with E-state index >= 15 is 0 Å². The van der Waals surface area contributed by atoms with Crippen molar-refractivity contribution < 1.29 is 9.63 Å². The molecule has 0 aliphatic rings. The monoisotopic (exact) mass is 311 g/mol. The molecule has 5 nitrogen and oxygen atoms in total. The third kappa shape index (κ3) is 7.68. The van der Waals surface area contributed by atoms with Crippen molar-refractivity contribution >= 4 is 23.7 Å². The number of carbonyl (C=O) groups excluding carboxylic acids is 1. The Hall–Kier alpha value is -1.59. The first-order valence-corrected chi connectivity index (χ1v) is 7.43. The van der Waals surface area contributed by atoms with Crippen molar-refractivity contribution in [1.82, 2.24) is 10.2 Å². The summed E-state index contributed by atoms with van der Waals surface area (Å²) in [6.07, 6.45) is 1.54. The summed E-state index contributed by atoms with van der Waals surface area (Å²) in [6.45, 7) is 7.53. The maximum atomic E-state index is 11.5. The van der Waals surface area contributed by atoms with Crippen LogP contribution in [0.1, 0.15) is 19.4 Å². The summed E-state index contributed by atoms with van der Waals surface area (Å²) in [4.78, 5) is 18.7. The van der Waals surface area contributed by atoms with Crippen LogP contribution in [0.15, 0.2) is 29.4 Å². The second-order valence-electron chi connectivity index (χ2n) is 4.44. The van der Waals surface area contributed by atoms with Gasteiger partial charge in [0.2, 0.25) is 0 Å². The number of benzene rings is 1. The molecule has 0 unspecified atom stereocenters. The lowest BCUT2D eigenvalue weighted by Gasteiger charge is -2.17. The van der Waals surface area contributed by atoms with Crippen LogP contribution >= 0.6 is 11.6 Å². The minimum Gasteiger partial charge on any atom is -0.386 e. The minimum absolute atomic E-state index is 0.0810. The number of oxime groups is 1. The molecule has 6 heteroatoms. The largest absolute Gasteiger partial charge is 0.386 e. The molecule has 1 N–H and O–H groups in total. The van der Waals surface area contributed by atoms with Crippen LogP contribution in [0.25, 0.3) is 0 Å². The molecule has 1 rings (SSSR count). The van der Waals surface area contributed by atoms with E-state index < -0.39 is 0 Å². The molecule has 0 atom stereocenters. The first-order chi connectivity index (χ1) is 10.2. The van der Waals surface area contributed by atoms with Gasteiger partial charge in [0.05, 0.1) is 6.21 Å². The van der Waals surface area contributed by atoms with Gasteiger partial charge in [-0.2, -0.15) is 0 Å². The first-order valence-electron chi connectivity index (χ1n) is 7.05. The van der Waals surface area contributed by atoms with Gasteiger partial charge in [0.1, 0.15) is 0 Å². The Bertz CT molecular complexity index is 445. The number of rotatable bonds is 9. The number of nitrogens with one attached hydrogen (secondary N) is 1. The van der Waals surface area contributed by atoms with E-state index in [0.717, 1.165) is 25.2 Å². The standard InChI is InChI=1S/C15H22ClN3O2/c1-3-19(4-2)10-9-17-15(20)12-21-18-11-13-5-7-14(16)8-6-13/h5-8,11H,3-4,9-10,12H2,1-2H3,(H,17,20)/b18-11+. The van der Waals surface area contributed by atoms with E-state index in [9.17, 15) is 4.79 Å². The highest BCUT2D eigenvalue weighted by molar-refractivity contribution is 6.30. The second-order valence-corrected chi connectivity index (χ2v) is 4.87. The summed E-state index contributed by atoms with van der Waals surface area (Å²) in [7, 11) is 0. The average Bonchev–Trinajstić information content (AvgIpc) is 2.50. The van der Waals surface area contributed by atoms with Gasteiger partial charge in [-0.15, -0.1) is 0 Å². The lowest BCUT2D eigenvalue weighted by atomic mass is 10.2. The summed E-state index contributed by atoms with van der Waals surface area (Å²) in [5.74, 6) is -0.171. The fourth-order valence-corrected chi connectivity index (χ4v) is 1.81. The summed E-state index contributed by atoms with van der Waals surface area (Å²) < 4.78 is 0. The van der Waals surface area contributed by atoms with Crippen molar-refractivity contribution in [3.05, 3.63) is 34.9 Å². The Morgan fingerprint density at radius 2 is 2.00 bits per heavy atom. The van der Waals surface area contributed by atoms with Crippen molar-refractivity contribution in [2.24, 2.45) is 5.16 Å². The van der Waals surface area contributed by atoms with Crippen LogP contribution in [0.5, 0.6) is 0 Å².